The Morgan fingerprint density at radius 2 is 1.67 bits per heavy atom. The van der Waals surface area contributed by atoms with Crippen molar-refractivity contribution < 1.29 is 17.6 Å². The number of carbonyl (C=O) groups excluding carboxylic acids is 1. The molecule has 1 aliphatic rings. The first-order valence-corrected chi connectivity index (χ1v) is 11.1. The molecule has 144 valence electrons. The van der Waals surface area contributed by atoms with Crippen molar-refractivity contribution in [1.29, 1.82) is 0 Å². The summed E-state index contributed by atoms with van der Waals surface area (Å²) in [5.41, 5.74) is 0. The molecular weight excluding hydrogens is 411 g/mol. The summed E-state index contributed by atoms with van der Waals surface area (Å²) in [5.74, 6) is -0.387. The van der Waals surface area contributed by atoms with Gasteiger partial charge in [-0.3, -0.25) is 4.79 Å². The molecule has 9 heteroatoms. The van der Waals surface area contributed by atoms with Crippen LogP contribution in [0, 0.1) is 5.82 Å². The number of rotatable bonds is 5. The molecule has 0 radical (unpaired) electrons. The normalized spacial score (nSPS) is 15.7. The predicted octanol–water partition coefficient (Wildman–Crippen LogP) is 3.10. The third-order valence-electron chi connectivity index (χ3n) is 4.23. The van der Waals surface area contributed by atoms with Gasteiger partial charge in [0.15, 0.2) is 0 Å². The molecule has 0 aromatic heterocycles. The Hall–Kier alpha value is -1.61. The predicted molar refractivity (Wildman–Crippen MR) is 104 cm³/mol. The molecule has 2 aromatic rings. The zero-order valence-electron chi connectivity index (χ0n) is 14.3. The molecule has 0 spiro atoms. The number of sulfonamides is 1. The standard InChI is InChI=1S/C18H18ClFN2O3S2/c19-14-5-1-4-8-17(14)27(24,25)22-11-9-21(10-12-22)18(23)13-26-16-7-3-2-6-15(16)20/h1-8H,9-13H2. The second kappa shape index (κ2) is 8.60. The highest BCUT2D eigenvalue weighted by Gasteiger charge is 2.31. The van der Waals surface area contributed by atoms with Crippen LogP contribution < -0.4 is 0 Å². The van der Waals surface area contributed by atoms with Crippen LogP contribution in [-0.4, -0.2) is 55.5 Å². The molecule has 2 aromatic carbocycles. The zero-order valence-corrected chi connectivity index (χ0v) is 16.7. The minimum Gasteiger partial charge on any atom is -0.339 e. The number of hydrogen-bond acceptors (Lipinski definition) is 4. The lowest BCUT2D eigenvalue weighted by Crippen LogP contribution is -2.51. The molecule has 5 nitrogen and oxygen atoms in total. The van der Waals surface area contributed by atoms with Crippen LogP contribution in [0.3, 0.4) is 0 Å². The van der Waals surface area contributed by atoms with E-state index < -0.39 is 10.0 Å². The van der Waals surface area contributed by atoms with Crippen molar-refractivity contribution >= 4 is 39.3 Å². The van der Waals surface area contributed by atoms with Crippen LogP contribution in [0.25, 0.3) is 0 Å². The van der Waals surface area contributed by atoms with Crippen LogP contribution in [0.15, 0.2) is 58.3 Å². The quantitative estimate of drug-likeness (QED) is 0.686. The van der Waals surface area contributed by atoms with Crippen molar-refractivity contribution in [3.8, 4) is 0 Å². The highest BCUT2D eigenvalue weighted by molar-refractivity contribution is 8.00. The van der Waals surface area contributed by atoms with E-state index in [-0.39, 0.29) is 40.5 Å². The average molecular weight is 429 g/mol. The largest absolute Gasteiger partial charge is 0.339 e. The van der Waals surface area contributed by atoms with Crippen LogP contribution in [-0.2, 0) is 14.8 Å². The van der Waals surface area contributed by atoms with Gasteiger partial charge in [-0.2, -0.15) is 4.31 Å². The maximum Gasteiger partial charge on any atom is 0.244 e. The molecule has 27 heavy (non-hydrogen) atoms. The summed E-state index contributed by atoms with van der Waals surface area (Å²) in [7, 11) is -3.69. The van der Waals surface area contributed by atoms with Gasteiger partial charge in [-0.15, -0.1) is 11.8 Å². The van der Waals surface area contributed by atoms with Crippen molar-refractivity contribution in [2.24, 2.45) is 0 Å². The Labute approximate surface area is 167 Å². The smallest absolute Gasteiger partial charge is 0.244 e. The number of halogens is 2. The van der Waals surface area contributed by atoms with Crippen molar-refractivity contribution in [3.05, 3.63) is 59.4 Å². The first-order chi connectivity index (χ1) is 12.9. The van der Waals surface area contributed by atoms with E-state index in [1.54, 1.807) is 35.2 Å². The Morgan fingerprint density at radius 1 is 1.04 bits per heavy atom. The van der Waals surface area contributed by atoms with E-state index in [9.17, 15) is 17.6 Å². The summed E-state index contributed by atoms with van der Waals surface area (Å²) in [6.45, 7) is 0.980. The molecule has 1 heterocycles. The first-order valence-electron chi connectivity index (χ1n) is 8.29. The number of hydrogen-bond donors (Lipinski definition) is 0. The van der Waals surface area contributed by atoms with Crippen molar-refractivity contribution in [1.82, 2.24) is 9.21 Å². The van der Waals surface area contributed by atoms with Crippen LogP contribution in [0.5, 0.6) is 0 Å². The van der Waals surface area contributed by atoms with Gasteiger partial charge < -0.3 is 4.90 Å². The van der Waals surface area contributed by atoms with Crippen molar-refractivity contribution in [3.63, 3.8) is 0 Å². The number of benzene rings is 2. The van der Waals surface area contributed by atoms with Gasteiger partial charge in [-0.25, -0.2) is 12.8 Å². The Balaban J connectivity index is 1.58. The van der Waals surface area contributed by atoms with Gasteiger partial charge in [0.05, 0.1) is 10.8 Å². The second-order valence-corrected chi connectivity index (χ2v) is 9.27. The van der Waals surface area contributed by atoms with Crippen LogP contribution in [0.2, 0.25) is 5.02 Å². The maximum absolute atomic E-state index is 13.6. The van der Waals surface area contributed by atoms with Gasteiger partial charge in [-0.05, 0) is 24.3 Å². The number of thioether (sulfide) groups is 1. The minimum absolute atomic E-state index is 0.0709. The van der Waals surface area contributed by atoms with Crippen molar-refractivity contribution in [2.75, 3.05) is 31.9 Å². The number of carbonyl (C=O) groups is 1. The maximum atomic E-state index is 13.6. The molecular formula is C18H18ClFN2O3S2. The molecule has 1 amide bonds. The van der Waals surface area contributed by atoms with Gasteiger partial charge in [-0.1, -0.05) is 35.9 Å². The molecule has 0 atom stereocenters. The topological polar surface area (TPSA) is 57.7 Å². The molecule has 3 rings (SSSR count). The first kappa shape index (κ1) is 20.1. The van der Waals surface area contributed by atoms with E-state index in [0.717, 1.165) is 11.8 Å². The lowest BCUT2D eigenvalue weighted by atomic mass is 10.3. The third-order valence-corrected chi connectivity index (χ3v) is 7.67. The highest BCUT2D eigenvalue weighted by Crippen LogP contribution is 2.26. The van der Waals surface area contributed by atoms with E-state index in [4.69, 9.17) is 11.6 Å². The third kappa shape index (κ3) is 4.63. The van der Waals surface area contributed by atoms with Crippen LogP contribution >= 0.6 is 23.4 Å². The highest BCUT2D eigenvalue weighted by atomic mass is 35.5. The lowest BCUT2D eigenvalue weighted by Gasteiger charge is -2.34. The zero-order chi connectivity index (χ0) is 19.4. The molecule has 0 bridgehead atoms. The van der Waals surface area contributed by atoms with E-state index in [1.165, 1.54) is 22.5 Å². The van der Waals surface area contributed by atoms with Crippen LogP contribution in [0.1, 0.15) is 0 Å². The minimum atomic E-state index is -3.69. The second-order valence-electron chi connectivity index (χ2n) is 5.93. The summed E-state index contributed by atoms with van der Waals surface area (Å²) in [6.07, 6.45) is 0. The molecule has 1 fully saturated rings. The summed E-state index contributed by atoms with van der Waals surface area (Å²) < 4.78 is 40.4. The lowest BCUT2D eigenvalue weighted by molar-refractivity contribution is -0.129. The van der Waals surface area contributed by atoms with Crippen LogP contribution in [0.4, 0.5) is 4.39 Å². The monoisotopic (exact) mass is 428 g/mol. The molecule has 1 aliphatic heterocycles. The fourth-order valence-corrected chi connectivity index (χ4v) is 5.52. The van der Waals surface area contributed by atoms with E-state index in [0.29, 0.717) is 18.0 Å². The fourth-order valence-electron chi connectivity index (χ4n) is 2.76. The molecule has 0 unspecified atom stereocenters. The van der Waals surface area contributed by atoms with E-state index in [1.807, 2.05) is 0 Å². The molecule has 0 N–H and O–H groups in total. The summed E-state index contributed by atoms with van der Waals surface area (Å²) in [6, 6.07) is 12.6. The number of nitrogens with zero attached hydrogens (tertiary/aromatic N) is 2. The Kier molecular flexibility index (Phi) is 6.41. The van der Waals surface area contributed by atoms with Gasteiger partial charge in [0.2, 0.25) is 15.9 Å². The summed E-state index contributed by atoms with van der Waals surface area (Å²) in [5, 5.41) is 0.178. The Morgan fingerprint density at radius 3 is 2.33 bits per heavy atom. The molecule has 1 saturated heterocycles. The Bertz CT molecular complexity index is 932. The van der Waals surface area contributed by atoms with Gasteiger partial charge in [0.1, 0.15) is 10.7 Å². The molecule has 0 aliphatic carbocycles. The van der Waals surface area contributed by atoms with Gasteiger partial charge in [0.25, 0.3) is 0 Å². The van der Waals surface area contributed by atoms with E-state index in [2.05, 4.69) is 0 Å². The van der Waals surface area contributed by atoms with Gasteiger partial charge >= 0.3 is 0 Å². The SMILES string of the molecule is O=C(CSc1ccccc1F)N1CCN(S(=O)(=O)c2ccccc2Cl)CC1. The van der Waals surface area contributed by atoms with Gasteiger partial charge in [0, 0.05) is 31.1 Å². The van der Waals surface area contributed by atoms with Crippen molar-refractivity contribution in [2.45, 2.75) is 9.79 Å². The number of amides is 1. The number of piperazine rings is 1. The average Bonchev–Trinajstić information content (AvgIpc) is 2.67. The fraction of sp³-hybridized carbons (Fsp3) is 0.278. The molecule has 0 saturated carbocycles. The summed E-state index contributed by atoms with van der Waals surface area (Å²) in [4.78, 5) is 14.5. The summed E-state index contributed by atoms with van der Waals surface area (Å²) >= 11 is 7.15. The van der Waals surface area contributed by atoms with E-state index >= 15 is 0 Å².